The lowest BCUT2D eigenvalue weighted by atomic mass is 9.89. The number of rotatable bonds is 7. The molecule has 0 aliphatic heterocycles. The van der Waals surface area contributed by atoms with Crippen LogP contribution in [-0.2, 0) is 17.3 Å². The number of aromatic amines is 1. The van der Waals surface area contributed by atoms with Crippen molar-refractivity contribution in [1.29, 1.82) is 0 Å². The van der Waals surface area contributed by atoms with Gasteiger partial charge in [-0.2, -0.15) is 25.8 Å². The number of hydrogen-bond donors (Lipinski definition) is 2. The van der Waals surface area contributed by atoms with Gasteiger partial charge in [-0.25, -0.2) is 23.5 Å². The number of thiol groups is 1. The Morgan fingerprint density at radius 3 is 2.43 bits per heavy atom. The van der Waals surface area contributed by atoms with E-state index in [1.54, 1.807) is 13.8 Å². The molecule has 1 aromatic carbocycles. The van der Waals surface area contributed by atoms with Gasteiger partial charge in [0.1, 0.15) is 17.2 Å². The van der Waals surface area contributed by atoms with E-state index in [9.17, 15) is 36.9 Å². The molecule has 1 N–H and O–H groups in total. The van der Waals surface area contributed by atoms with Gasteiger partial charge < -0.3 is 9.72 Å². The van der Waals surface area contributed by atoms with Crippen molar-refractivity contribution in [2.45, 2.75) is 38.1 Å². The maximum atomic E-state index is 14.1. The molecule has 0 aliphatic carbocycles. The standard InChI is InChI=1S/C21H19F5N4O4S/c1-8(2)6-10-13(20(31)34-3)15(18(22)23)29-17(21(24,25)26)14(10)16(35)19-27-11-5-4-9(30(32)33)7-12(11)28-19/h4-5,7-8,16,18,35H,6H2,1-3H3,(H,27,28). The third kappa shape index (κ3) is 5.21. The number of alkyl halides is 5. The monoisotopic (exact) mass is 518 g/mol. The van der Waals surface area contributed by atoms with Crippen LogP contribution < -0.4 is 0 Å². The van der Waals surface area contributed by atoms with Gasteiger partial charge in [0.15, 0.2) is 0 Å². The molecule has 0 spiro atoms. The number of hydrogen-bond acceptors (Lipinski definition) is 7. The van der Waals surface area contributed by atoms with E-state index in [1.165, 1.54) is 12.1 Å². The number of methoxy groups -OCH3 is 1. The minimum Gasteiger partial charge on any atom is -0.465 e. The van der Waals surface area contributed by atoms with Gasteiger partial charge in [0, 0.05) is 17.7 Å². The molecule has 0 saturated heterocycles. The molecule has 0 bridgehead atoms. The number of nitro benzene ring substituents is 1. The van der Waals surface area contributed by atoms with Crippen molar-refractivity contribution in [1.82, 2.24) is 15.0 Å². The lowest BCUT2D eigenvalue weighted by molar-refractivity contribution is -0.384. The van der Waals surface area contributed by atoms with Crippen LogP contribution in [0.2, 0.25) is 0 Å². The number of carbonyl (C=O) groups excluding carboxylic acids is 1. The van der Waals surface area contributed by atoms with E-state index in [4.69, 9.17) is 0 Å². The van der Waals surface area contributed by atoms with Crippen LogP contribution in [0.15, 0.2) is 18.2 Å². The largest absolute Gasteiger partial charge is 0.465 e. The van der Waals surface area contributed by atoms with Gasteiger partial charge in [0.2, 0.25) is 0 Å². The molecular weight excluding hydrogens is 499 g/mol. The van der Waals surface area contributed by atoms with Gasteiger partial charge in [-0.3, -0.25) is 10.1 Å². The third-order valence-electron chi connectivity index (χ3n) is 5.08. The highest BCUT2D eigenvalue weighted by molar-refractivity contribution is 7.80. The number of nitrogens with zero attached hydrogens (tertiary/aromatic N) is 3. The Bertz CT molecular complexity index is 1290. The number of nitrogens with one attached hydrogen (secondary N) is 1. The van der Waals surface area contributed by atoms with E-state index in [0.717, 1.165) is 13.2 Å². The summed E-state index contributed by atoms with van der Waals surface area (Å²) in [5.74, 6) is -1.77. The van der Waals surface area contributed by atoms with Crippen LogP contribution in [0.4, 0.5) is 27.6 Å². The minimum atomic E-state index is -5.18. The van der Waals surface area contributed by atoms with Crippen LogP contribution in [0.3, 0.4) is 0 Å². The summed E-state index contributed by atoms with van der Waals surface area (Å²) in [7, 11) is 0.915. The Morgan fingerprint density at radius 1 is 1.26 bits per heavy atom. The Balaban J connectivity index is 2.37. The lowest BCUT2D eigenvalue weighted by Gasteiger charge is -2.24. The smallest absolute Gasteiger partial charge is 0.433 e. The lowest BCUT2D eigenvalue weighted by Crippen LogP contribution is -2.24. The van der Waals surface area contributed by atoms with Crippen molar-refractivity contribution in [3.8, 4) is 0 Å². The van der Waals surface area contributed by atoms with Crippen molar-refractivity contribution < 1.29 is 36.4 Å². The Hall–Kier alpha value is -3.29. The predicted octanol–water partition coefficient (Wildman–Crippen LogP) is 5.83. The summed E-state index contributed by atoms with van der Waals surface area (Å²) in [5, 5.41) is 9.53. The topological polar surface area (TPSA) is 111 Å². The minimum absolute atomic E-state index is 0.0811. The molecule has 0 aliphatic rings. The fraction of sp³-hybridized carbons (Fsp3) is 0.381. The third-order valence-corrected chi connectivity index (χ3v) is 5.58. The zero-order chi connectivity index (χ0) is 26.2. The molecule has 0 fully saturated rings. The van der Waals surface area contributed by atoms with Gasteiger partial charge in [-0.15, -0.1) is 0 Å². The summed E-state index contributed by atoms with van der Waals surface area (Å²) in [6, 6.07) is 3.62. The summed E-state index contributed by atoms with van der Waals surface area (Å²) in [6.07, 6.45) is -8.87. The molecule has 0 amide bonds. The van der Waals surface area contributed by atoms with Crippen LogP contribution >= 0.6 is 12.6 Å². The summed E-state index contributed by atoms with van der Waals surface area (Å²) >= 11 is 4.30. The number of fused-ring (bicyclic) bond motifs is 1. The van der Waals surface area contributed by atoms with Crippen molar-refractivity contribution in [3.05, 3.63) is 62.2 Å². The van der Waals surface area contributed by atoms with E-state index in [2.05, 4.69) is 32.3 Å². The summed E-state index contributed by atoms with van der Waals surface area (Å²) in [6.45, 7) is 3.27. The Kier molecular flexibility index (Phi) is 7.34. The second-order valence-corrected chi connectivity index (χ2v) is 8.50. The average molecular weight is 518 g/mol. The molecule has 1 atom stereocenters. The molecule has 2 heterocycles. The second kappa shape index (κ2) is 9.76. The molecule has 3 aromatic rings. The molecule has 35 heavy (non-hydrogen) atoms. The Morgan fingerprint density at radius 2 is 1.91 bits per heavy atom. The predicted molar refractivity (Wildman–Crippen MR) is 118 cm³/mol. The number of H-pyrrole nitrogens is 1. The first-order chi connectivity index (χ1) is 16.3. The molecule has 0 saturated carbocycles. The van der Waals surface area contributed by atoms with Crippen molar-refractivity contribution in [3.63, 3.8) is 0 Å². The maximum absolute atomic E-state index is 14.1. The number of ether oxygens (including phenoxy) is 1. The molecule has 8 nitrogen and oxygen atoms in total. The summed E-state index contributed by atoms with van der Waals surface area (Å²) in [5.41, 5.74) is -4.65. The zero-order valence-corrected chi connectivity index (χ0v) is 19.4. The van der Waals surface area contributed by atoms with E-state index in [-0.39, 0.29) is 40.4 Å². The number of benzene rings is 1. The normalized spacial score (nSPS) is 13.0. The van der Waals surface area contributed by atoms with Crippen LogP contribution in [0, 0.1) is 16.0 Å². The van der Waals surface area contributed by atoms with Crippen LogP contribution in [-0.4, -0.2) is 33.0 Å². The Labute approximate surface area is 200 Å². The van der Waals surface area contributed by atoms with Crippen molar-refractivity contribution in [2.75, 3.05) is 7.11 Å². The number of esters is 1. The van der Waals surface area contributed by atoms with Gasteiger partial charge in [-0.1, -0.05) is 13.8 Å². The molecule has 14 heteroatoms. The fourth-order valence-corrected chi connectivity index (χ4v) is 4.08. The van der Waals surface area contributed by atoms with Crippen LogP contribution in [0.1, 0.15) is 64.2 Å². The number of imidazole rings is 1. The first kappa shape index (κ1) is 26.3. The van der Waals surface area contributed by atoms with Crippen LogP contribution in [0.25, 0.3) is 11.0 Å². The molecule has 2 aromatic heterocycles. The van der Waals surface area contributed by atoms with E-state index < -0.39 is 51.3 Å². The van der Waals surface area contributed by atoms with Crippen molar-refractivity contribution in [2.24, 2.45) is 5.92 Å². The quantitative estimate of drug-likeness (QED) is 0.134. The molecule has 0 radical (unpaired) electrons. The molecule has 3 rings (SSSR count). The molecular formula is C21H19F5N4O4S. The SMILES string of the molecule is COC(=O)c1c(C(F)F)nc(C(F)(F)F)c(C(S)c2nc3cc([N+](=O)[O-])ccc3[nH]2)c1CC(C)C. The highest BCUT2D eigenvalue weighted by atomic mass is 32.1. The first-order valence-corrected chi connectivity index (χ1v) is 10.6. The summed E-state index contributed by atoms with van der Waals surface area (Å²) in [4.78, 5) is 32.9. The zero-order valence-electron chi connectivity index (χ0n) is 18.5. The van der Waals surface area contributed by atoms with Gasteiger partial charge in [0.25, 0.3) is 12.1 Å². The number of carbonyl (C=O) groups is 1. The van der Waals surface area contributed by atoms with Gasteiger partial charge >= 0.3 is 12.1 Å². The average Bonchev–Trinajstić information content (AvgIpc) is 3.19. The first-order valence-electron chi connectivity index (χ1n) is 10.1. The van der Waals surface area contributed by atoms with E-state index >= 15 is 0 Å². The van der Waals surface area contributed by atoms with Gasteiger partial charge in [-0.05, 0) is 24.0 Å². The van der Waals surface area contributed by atoms with Crippen molar-refractivity contribution >= 4 is 35.3 Å². The number of nitro groups is 1. The molecule has 1 unspecified atom stereocenters. The van der Waals surface area contributed by atoms with Crippen LogP contribution in [0.5, 0.6) is 0 Å². The highest BCUT2D eigenvalue weighted by Crippen LogP contribution is 2.43. The second-order valence-electron chi connectivity index (χ2n) is 7.98. The summed E-state index contributed by atoms with van der Waals surface area (Å²) < 4.78 is 74.4. The number of aromatic nitrogens is 3. The highest BCUT2D eigenvalue weighted by Gasteiger charge is 2.42. The van der Waals surface area contributed by atoms with E-state index in [0.29, 0.717) is 0 Å². The number of halogens is 5. The molecule has 188 valence electrons. The number of pyridine rings is 1. The fourth-order valence-electron chi connectivity index (χ4n) is 3.68. The van der Waals surface area contributed by atoms with Gasteiger partial charge in [0.05, 0.1) is 33.9 Å². The number of non-ortho nitro benzene ring substituents is 1. The maximum Gasteiger partial charge on any atom is 0.433 e. The van der Waals surface area contributed by atoms with E-state index in [1.807, 2.05) is 0 Å².